The number of nitrogens with two attached hydrogens (primary N) is 1. The van der Waals surface area contributed by atoms with Crippen LogP contribution in [-0.2, 0) is 16.4 Å². The van der Waals surface area contributed by atoms with Crippen LogP contribution in [0.2, 0.25) is 0 Å². The Labute approximate surface area is 161 Å². The Morgan fingerprint density at radius 3 is 2.70 bits per heavy atom. The molecule has 8 heteroatoms. The number of hydrogen-bond acceptors (Lipinski definition) is 6. The molecule has 7 nitrogen and oxygen atoms in total. The minimum absolute atomic E-state index is 0.131. The standard InChI is InChI=1S/C19H27N5O2S/c1-2-16-5-3-4-14-24(16)19-22-13-11-18(23-19)21-12-10-15-6-8-17(9-7-15)27(20,25)26/h6-9,11,13,16H,2-5,10,12,14H2,1H3,(H2,20,25,26)(H,21,22,23). The Kier molecular flexibility index (Phi) is 6.28. The summed E-state index contributed by atoms with van der Waals surface area (Å²) in [6.07, 6.45) is 7.32. The summed E-state index contributed by atoms with van der Waals surface area (Å²) in [6, 6.07) is 9.03. The maximum atomic E-state index is 11.3. The molecule has 0 spiro atoms. The monoisotopic (exact) mass is 389 g/mol. The highest BCUT2D eigenvalue weighted by Crippen LogP contribution is 2.24. The molecule has 3 N–H and O–H groups in total. The summed E-state index contributed by atoms with van der Waals surface area (Å²) in [5.41, 5.74) is 1.03. The number of hydrogen-bond donors (Lipinski definition) is 2. The maximum absolute atomic E-state index is 11.3. The van der Waals surface area contributed by atoms with Gasteiger partial charge in [0.05, 0.1) is 4.90 Å². The van der Waals surface area contributed by atoms with Crippen molar-refractivity contribution in [3.63, 3.8) is 0 Å². The number of aromatic nitrogens is 2. The van der Waals surface area contributed by atoms with Gasteiger partial charge in [-0.1, -0.05) is 19.1 Å². The average Bonchev–Trinajstić information content (AvgIpc) is 2.68. The molecule has 0 saturated carbocycles. The normalized spacial score (nSPS) is 17.7. The number of nitrogens with one attached hydrogen (secondary N) is 1. The van der Waals surface area contributed by atoms with Gasteiger partial charge in [-0.05, 0) is 55.9 Å². The van der Waals surface area contributed by atoms with Crippen LogP contribution in [0.4, 0.5) is 11.8 Å². The van der Waals surface area contributed by atoms with E-state index >= 15 is 0 Å². The number of piperidine rings is 1. The fourth-order valence-corrected chi connectivity index (χ4v) is 3.97. The molecule has 1 unspecified atom stereocenters. The zero-order valence-corrected chi connectivity index (χ0v) is 16.5. The van der Waals surface area contributed by atoms with Crippen molar-refractivity contribution in [3.05, 3.63) is 42.1 Å². The second-order valence-electron chi connectivity index (χ2n) is 6.86. The maximum Gasteiger partial charge on any atom is 0.238 e. The highest BCUT2D eigenvalue weighted by atomic mass is 32.2. The third kappa shape index (κ3) is 5.17. The molecule has 1 fully saturated rings. The fourth-order valence-electron chi connectivity index (χ4n) is 3.45. The summed E-state index contributed by atoms with van der Waals surface area (Å²) in [5.74, 6) is 1.60. The summed E-state index contributed by atoms with van der Waals surface area (Å²) in [5, 5.41) is 8.45. The van der Waals surface area contributed by atoms with Crippen molar-refractivity contribution in [2.24, 2.45) is 5.14 Å². The second-order valence-corrected chi connectivity index (χ2v) is 8.42. The third-order valence-electron chi connectivity index (χ3n) is 4.97. The van der Waals surface area contributed by atoms with Crippen LogP contribution in [0.1, 0.15) is 38.2 Å². The van der Waals surface area contributed by atoms with Crippen LogP contribution in [0.25, 0.3) is 0 Å². The molecule has 27 heavy (non-hydrogen) atoms. The third-order valence-corrected chi connectivity index (χ3v) is 5.90. The number of anilines is 2. The summed E-state index contributed by atoms with van der Waals surface area (Å²) >= 11 is 0. The van der Waals surface area contributed by atoms with Crippen molar-refractivity contribution >= 4 is 21.8 Å². The molecule has 0 radical (unpaired) electrons. The van der Waals surface area contributed by atoms with Gasteiger partial charge in [0.25, 0.3) is 0 Å². The molecule has 2 aromatic rings. The van der Waals surface area contributed by atoms with E-state index in [4.69, 9.17) is 5.14 Å². The Hall–Kier alpha value is -2.19. The van der Waals surface area contributed by atoms with Crippen molar-refractivity contribution in [2.45, 2.75) is 50.0 Å². The zero-order chi connectivity index (χ0) is 19.3. The molecule has 0 aliphatic carbocycles. The number of sulfonamides is 1. The largest absolute Gasteiger partial charge is 0.370 e. The quantitative estimate of drug-likeness (QED) is 0.755. The van der Waals surface area contributed by atoms with E-state index in [1.165, 1.54) is 31.4 Å². The second kappa shape index (κ2) is 8.67. The lowest BCUT2D eigenvalue weighted by molar-refractivity contribution is 0.443. The molecule has 1 aliphatic rings. The Morgan fingerprint density at radius 2 is 2.00 bits per heavy atom. The smallest absolute Gasteiger partial charge is 0.238 e. The van der Waals surface area contributed by atoms with Crippen molar-refractivity contribution in [1.29, 1.82) is 0 Å². The molecule has 3 rings (SSSR count). The van der Waals surface area contributed by atoms with E-state index in [1.54, 1.807) is 18.3 Å². The molecule has 146 valence electrons. The molecule has 1 aromatic heterocycles. The van der Waals surface area contributed by atoms with Gasteiger partial charge in [0.1, 0.15) is 5.82 Å². The fraction of sp³-hybridized carbons (Fsp3) is 0.474. The number of primary sulfonamides is 1. The lowest BCUT2D eigenvalue weighted by Crippen LogP contribution is -2.40. The zero-order valence-electron chi connectivity index (χ0n) is 15.6. The van der Waals surface area contributed by atoms with Crippen molar-refractivity contribution in [1.82, 2.24) is 9.97 Å². The van der Waals surface area contributed by atoms with E-state index in [-0.39, 0.29) is 4.90 Å². The van der Waals surface area contributed by atoms with Gasteiger partial charge in [-0.15, -0.1) is 0 Å². The molecular formula is C19H27N5O2S. The SMILES string of the molecule is CCC1CCCCN1c1nccc(NCCc2ccc(S(N)(=O)=O)cc2)n1. The lowest BCUT2D eigenvalue weighted by atomic mass is 10.0. The lowest BCUT2D eigenvalue weighted by Gasteiger charge is -2.35. The van der Waals surface area contributed by atoms with E-state index in [9.17, 15) is 8.42 Å². The van der Waals surface area contributed by atoms with Gasteiger partial charge in [0.2, 0.25) is 16.0 Å². The van der Waals surface area contributed by atoms with E-state index in [0.717, 1.165) is 36.7 Å². The van der Waals surface area contributed by atoms with Crippen molar-refractivity contribution in [3.8, 4) is 0 Å². The van der Waals surface area contributed by atoms with E-state index < -0.39 is 10.0 Å². The number of rotatable bonds is 7. The van der Waals surface area contributed by atoms with E-state index in [2.05, 4.69) is 27.1 Å². The highest BCUT2D eigenvalue weighted by Gasteiger charge is 2.23. The van der Waals surface area contributed by atoms with Gasteiger partial charge >= 0.3 is 0 Å². The van der Waals surface area contributed by atoms with Gasteiger partial charge in [-0.25, -0.2) is 18.5 Å². The van der Waals surface area contributed by atoms with Crippen LogP contribution >= 0.6 is 0 Å². The summed E-state index contributed by atoms with van der Waals surface area (Å²) in [6.45, 7) is 3.92. The summed E-state index contributed by atoms with van der Waals surface area (Å²) < 4.78 is 22.6. The molecule has 0 amide bonds. The van der Waals surface area contributed by atoms with Crippen LogP contribution < -0.4 is 15.4 Å². The van der Waals surface area contributed by atoms with Crippen molar-refractivity contribution < 1.29 is 8.42 Å². The Morgan fingerprint density at radius 1 is 1.22 bits per heavy atom. The average molecular weight is 390 g/mol. The summed E-state index contributed by atoms with van der Waals surface area (Å²) in [4.78, 5) is 11.6. The molecule has 1 aromatic carbocycles. The molecule has 1 aliphatic heterocycles. The first-order chi connectivity index (χ1) is 13.0. The molecule has 2 heterocycles. The van der Waals surface area contributed by atoms with Crippen LogP contribution in [0.15, 0.2) is 41.4 Å². The van der Waals surface area contributed by atoms with Crippen LogP contribution in [0.3, 0.4) is 0 Å². The minimum atomic E-state index is -3.64. The van der Waals surface area contributed by atoms with Gasteiger partial charge in [-0.2, -0.15) is 4.98 Å². The molecule has 0 bridgehead atoms. The van der Waals surface area contributed by atoms with E-state index in [1.807, 2.05) is 6.07 Å². The van der Waals surface area contributed by atoms with Crippen LogP contribution in [0, 0.1) is 0 Å². The molecule has 1 atom stereocenters. The first-order valence-corrected chi connectivity index (χ1v) is 11.0. The Bertz CT molecular complexity index is 855. The number of benzene rings is 1. The number of nitrogens with zero attached hydrogens (tertiary/aromatic N) is 3. The van der Waals surface area contributed by atoms with Gasteiger partial charge < -0.3 is 10.2 Å². The highest BCUT2D eigenvalue weighted by molar-refractivity contribution is 7.89. The first-order valence-electron chi connectivity index (χ1n) is 9.42. The topological polar surface area (TPSA) is 101 Å². The first kappa shape index (κ1) is 19.6. The van der Waals surface area contributed by atoms with Crippen LogP contribution in [-0.4, -0.2) is 37.5 Å². The molecular weight excluding hydrogens is 362 g/mol. The van der Waals surface area contributed by atoms with E-state index in [0.29, 0.717) is 12.6 Å². The predicted octanol–water partition coefficient (Wildman–Crippen LogP) is 2.55. The van der Waals surface area contributed by atoms with Gasteiger partial charge in [-0.3, -0.25) is 0 Å². The van der Waals surface area contributed by atoms with Gasteiger partial charge in [0, 0.05) is 25.3 Å². The van der Waals surface area contributed by atoms with Crippen molar-refractivity contribution in [2.75, 3.05) is 23.3 Å². The van der Waals surface area contributed by atoms with Gasteiger partial charge in [0.15, 0.2) is 0 Å². The summed E-state index contributed by atoms with van der Waals surface area (Å²) in [7, 11) is -3.64. The molecule has 1 saturated heterocycles. The minimum Gasteiger partial charge on any atom is -0.370 e. The Balaban J connectivity index is 1.58. The van der Waals surface area contributed by atoms with Crippen LogP contribution in [0.5, 0.6) is 0 Å². The predicted molar refractivity (Wildman–Crippen MR) is 107 cm³/mol.